The van der Waals surface area contributed by atoms with E-state index in [1.54, 1.807) is 26.8 Å². The van der Waals surface area contributed by atoms with Crippen LogP contribution in [0.3, 0.4) is 0 Å². The summed E-state index contributed by atoms with van der Waals surface area (Å²) in [5.74, 6) is 0. The molecule has 2 rings (SSSR count). The second-order valence-corrected chi connectivity index (χ2v) is 7.55. The summed E-state index contributed by atoms with van der Waals surface area (Å²) in [7, 11) is 0. The summed E-state index contributed by atoms with van der Waals surface area (Å²) in [6.45, 7) is 9.69. The van der Waals surface area contributed by atoms with Crippen LogP contribution in [0.1, 0.15) is 41.0 Å². The second kappa shape index (κ2) is 6.22. The van der Waals surface area contributed by atoms with Crippen LogP contribution in [0.15, 0.2) is 40.2 Å². The lowest BCUT2D eigenvalue weighted by Crippen LogP contribution is -2.40. The van der Waals surface area contributed by atoms with Crippen molar-refractivity contribution in [1.29, 1.82) is 0 Å². The van der Waals surface area contributed by atoms with E-state index in [2.05, 4.69) is 10.3 Å². The van der Waals surface area contributed by atoms with Gasteiger partial charge in [-0.15, -0.1) is 0 Å². The van der Waals surface area contributed by atoms with E-state index in [-0.39, 0.29) is 17.0 Å². The second-order valence-electron chi connectivity index (χ2n) is 7.55. The van der Waals surface area contributed by atoms with E-state index >= 15 is 0 Å². The number of fused-ring (bicyclic) bond motifs is 1. The zero-order valence-corrected chi connectivity index (χ0v) is 14.7. The molecule has 0 aromatic carbocycles. The first-order valence-electron chi connectivity index (χ1n) is 7.80. The Morgan fingerprint density at radius 3 is 2.58 bits per heavy atom. The van der Waals surface area contributed by atoms with Crippen LogP contribution in [0.5, 0.6) is 0 Å². The van der Waals surface area contributed by atoms with Gasteiger partial charge in [0.25, 0.3) is 5.70 Å². The summed E-state index contributed by atoms with van der Waals surface area (Å²) in [6, 6.07) is 0. The summed E-state index contributed by atoms with van der Waals surface area (Å²) in [5.41, 5.74) is 1.57. The lowest BCUT2D eigenvalue weighted by Gasteiger charge is -2.26. The molecule has 1 N–H and O–H groups in total. The average molecular weight is 333 g/mol. The molecule has 1 heterocycles. The number of amides is 1. The molecule has 7 heteroatoms. The molecule has 0 saturated heterocycles. The SMILES string of the molecule is CC(C)(C)OC(=O)NCC(C)(C)C1=NC2=CC=C([N+](=O)[O-])CC2=C1. The number of hydrogen-bond donors (Lipinski definition) is 1. The fourth-order valence-electron chi connectivity index (χ4n) is 2.36. The van der Waals surface area contributed by atoms with Gasteiger partial charge in [0.15, 0.2) is 0 Å². The van der Waals surface area contributed by atoms with Gasteiger partial charge < -0.3 is 10.1 Å². The van der Waals surface area contributed by atoms with Crippen molar-refractivity contribution in [3.05, 3.63) is 45.3 Å². The summed E-state index contributed by atoms with van der Waals surface area (Å²) in [5, 5.41) is 13.6. The Labute approximate surface area is 141 Å². The van der Waals surface area contributed by atoms with Gasteiger partial charge in [-0.2, -0.15) is 0 Å². The fraction of sp³-hybridized carbons (Fsp3) is 0.529. The molecule has 1 aliphatic carbocycles. The molecule has 0 radical (unpaired) electrons. The van der Waals surface area contributed by atoms with Gasteiger partial charge in [-0.1, -0.05) is 13.8 Å². The predicted octanol–water partition coefficient (Wildman–Crippen LogP) is 3.37. The summed E-state index contributed by atoms with van der Waals surface area (Å²) in [4.78, 5) is 26.9. The Balaban J connectivity index is 2.03. The van der Waals surface area contributed by atoms with E-state index in [1.807, 2.05) is 19.9 Å². The van der Waals surface area contributed by atoms with E-state index in [4.69, 9.17) is 4.74 Å². The van der Waals surface area contributed by atoms with Crippen LogP contribution in [-0.2, 0) is 4.74 Å². The van der Waals surface area contributed by atoms with Crippen LogP contribution in [0.4, 0.5) is 4.79 Å². The van der Waals surface area contributed by atoms with Gasteiger partial charge in [-0.25, -0.2) is 4.79 Å². The van der Waals surface area contributed by atoms with Crippen molar-refractivity contribution < 1.29 is 14.5 Å². The number of nitro groups is 1. The van der Waals surface area contributed by atoms with Crippen LogP contribution in [-0.4, -0.2) is 28.9 Å². The van der Waals surface area contributed by atoms with E-state index in [0.29, 0.717) is 6.54 Å². The lowest BCUT2D eigenvalue weighted by molar-refractivity contribution is -0.427. The minimum absolute atomic E-state index is 0.158. The third-order valence-electron chi connectivity index (χ3n) is 3.69. The molecule has 0 aromatic heterocycles. The van der Waals surface area contributed by atoms with E-state index < -0.39 is 17.1 Å². The summed E-state index contributed by atoms with van der Waals surface area (Å²) < 4.78 is 5.23. The number of nitrogens with one attached hydrogen (secondary N) is 1. The van der Waals surface area contributed by atoms with Crippen molar-refractivity contribution in [3.63, 3.8) is 0 Å². The summed E-state index contributed by atoms with van der Waals surface area (Å²) >= 11 is 0. The van der Waals surface area contributed by atoms with E-state index in [1.165, 1.54) is 6.08 Å². The maximum absolute atomic E-state index is 11.8. The zero-order valence-electron chi connectivity index (χ0n) is 14.7. The Morgan fingerprint density at radius 1 is 1.33 bits per heavy atom. The monoisotopic (exact) mass is 333 g/mol. The van der Waals surface area contributed by atoms with Gasteiger partial charge in [-0.05, 0) is 38.5 Å². The molecule has 0 unspecified atom stereocenters. The Hall–Kier alpha value is -2.44. The number of alkyl carbamates (subject to hydrolysis) is 1. The molecule has 0 atom stereocenters. The molecule has 0 bridgehead atoms. The van der Waals surface area contributed by atoms with E-state index in [0.717, 1.165) is 17.0 Å². The van der Waals surface area contributed by atoms with Crippen LogP contribution in [0.2, 0.25) is 0 Å². The quantitative estimate of drug-likeness (QED) is 0.630. The molecule has 1 aliphatic heterocycles. The van der Waals surface area contributed by atoms with Crippen LogP contribution >= 0.6 is 0 Å². The fourth-order valence-corrected chi connectivity index (χ4v) is 2.36. The van der Waals surface area contributed by atoms with Gasteiger partial charge in [0, 0.05) is 23.7 Å². The van der Waals surface area contributed by atoms with Crippen LogP contribution < -0.4 is 5.32 Å². The molecule has 130 valence electrons. The Bertz CT molecular complexity index is 691. The van der Waals surface area contributed by atoms with E-state index in [9.17, 15) is 14.9 Å². The highest BCUT2D eigenvalue weighted by molar-refractivity contribution is 6.04. The topological polar surface area (TPSA) is 93.8 Å². The van der Waals surface area contributed by atoms with Crippen LogP contribution in [0, 0.1) is 15.5 Å². The smallest absolute Gasteiger partial charge is 0.407 e. The standard InChI is InChI=1S/C17H23N3O4/c1-16(2,3)24-15(21)18-10-17(4,5)14-9-11-8-12(20(22)23)6-7-13(11)19-14/h6-7,9H,8,10H2,1-5H3,(H,18,21). The number of hydrogen-bond acceptors (Lipinski definition) is 5. The van der Waals surface area contributed by atoms with Crippen molar-refractivity contribution >= 4 is 11.8 Å². The molecule has 2 aliphatic rings. The lowest BCUT2D eigenvalue weighted by atomic mass is 9.86. The highest BCUT2D eigenvalue weighted by Crippen LogP contribution is 2.34. The Kier molecular flexibility index (Phi) is 4.64. The van der Waals surface area contributed by atoms with Gasteiger partial charge in [0.05, 0.1) is 17.0 Å². The number of rotatable bonds is 4. The Morgan fingerprint density at radius 2 is 2.00 bits per heavy atom. The zero-order chi connectivity index (χ0) is 18.1. The molecule has 24 heavy (non-hydrogen) atoms. The molecule has 0 fully saturated rings. The molecular formula is C17H23N3O4. The van der Waals surface area contributed by atoms with Gasteiger partial charge in [-0.3, -0.25) is 15.1 Å². The third kappa shape index (κ3) is 4.31. The number of nitrogens with zero attached hydrogens (tertiary/aromatic N) is 2. The first kappa shape index (κ1) is 17.9. The highest BCUT2D eigenvalue weighted by Gasteiger charge is 2.32. The van der Waals surface area contributed by atoms with Crippen molar-refractivity contribution in [1.82, 2.24) is 5.32 Å². The normalized spacial score (nSPS) is 17.2. The number of aliphatic imine (C=N–C) groups is 1. The summed E-state index contributed by atoms with van der Waals surface area (Å²) in [6.07, 6.45) is 4.82. The number of carbonyl (C=O) groups excluding carboxylic acids is 1. The molecule has 0 aromatic rings. The predicted molar refractivity (Wildman–Crippen MR) is 91.3 cm³/mol. The highest BCUT2D eigenvalue weighted by atomic mass is 16.6. The minimum atomic E-state index is -0.550. The van der Waals surface area contributed by atoms with Crippen molar-refractivity contribution in [2.75, 3.05) is 6.54 Å². The molecule has 0 saturated carbocycles. The third-order valence-corrected chi connectivity index (χ3v) is 3.69. The first-order valence-corrected chi connectivity index (χ1v) is 7.80. The molecule has 7 nitrogen and oxygen atoms in total. The number of carbonyl (C=O) groups is 1. The van der Waals surface area contributed by atoms with Gasteiger partial charge in [0.1, 0.15) is 5.60 Å². The molecular weight excluding hydrogens is 310 g/mol. The van der Waals surface area contributed by atoms with Crippen LogP contribution in [0.25, 0.3) is 0 Å². The molecule has 0 spiro atoms. The maximum Gasteiger partial charge on any atom is 0.407 e. The minimum Gasteiger partial charge on any atom is -0.444 e. The maximum atomic E-state index is 11.8. The first-order chi connectivity index (χ1) is 11.0. The number of ether oxygens (including phenoxy) is 1. The molecule has 1 amide bonds. The van der Waals surface area contributed by atoms with Gasteiger partial charge >= 0.3 is 6.09 Å². The average Bonchev–Trinajstić information content (AvgIpc) is 2.87. The largest absolute Gasteiger partial charge is 0.444 e. The van der Waals surface area contributed by atoms with Crippen molar-refractivity contribution in [2.24, 2.45) is 10.4 Å². The van der Waals surface area contributed by atoms with Crippen molar-refractivity contribution in [3.8, 4) is 0 Å². The van der Waals surface area contributed by atoms with Gasteiger partial charge in [0.2, 0.25) is 0 Å². The number of allylic oxidation sites excluding steroid dienone is 5. The van der Waals surface area contributed by atoms with Crippen molar-refractivity contribution in [2.45, 2.75) is 46.6 Å².